The number of rotatable bonds is 1. The molecule has 0 bridgehead atoms. The summed E-state index contributed by atoms with van der Waals surface area (Å²) in [7, 11) is 0. The van der Waals surface area contributed by atoms with Crippen LogP contribution in [0.25, 0.3) is 0 Å². The van der Waals surface area contributed by atoms with Gasteiger partial charge in [-0.2, -0.15) is 0 Å². The molecule has 1 heterocycles. The lowest BCUT2D eigenvalue weighted by atomic mass is 10.2. The van der Waals surface area contributed by atoms with Gasteiger partial charge >= 0.3 is 0 Å². The molecule has 0 saturated carbocycles. The average molecular weight is 240 g/mol. The molecule has 0 saturated heterocycles. The fourth-order valence-corrected chi connectivity index (χ4v) is 2.59. The zero-order chi connectivity index (χ0) is 9.42. The summed E-state index contributed by atoms with van der Waals surface area (Å²) < 4.78 is 1.23. The summed E-state index contributed by atoms with van der Waals surface area (Å²) in [5.74, 6) is 0. The quantitative estimate of drug-likeness (QED) is 0.728. The first kappa shape index (κ1) is 9.07. The van der Waals surface area contributed by atoms with Crippen molar-refractivity contribution in [3.05, 3.63) is 28.2 Å². The number of benzene rings is 1. The normalized spacial score (nSPS) is 15.2. The molecule has 1 aliphatic heterocycles. The standard InChI is InChI=1S/C11H14BrN/c1-8(2)13-7-6-9-4-3-5-10(12)11(9)13/h3-5,8H,6-7H2,1-2H3. The zero-order valence-corrected chi connectivity index (χ0v) is 9.63. The van der Waals surface area contributed by atoms with Crippen molar-refractivity contribution >= 4 is 21.6 Å². The summed E-state index contributed by atoms with van der Waals surface area (Å²) in [5.41, 5.74) is 2.88. The van der Waals surface area contributed by atoms with Crippen LogP contribution in [0.3, 0.4) is 0 Å². The highest BCUT2D eigenvalue weighted by Gasteiger charge is 2.22. The maximum absolute atomic E-state index is 3.61. The Hall–Kier alpha value is -0.500. The first-order valence-electron chi connectivity index (χ1n) is 4.74. The SMILES string of the molecule is CC(C)N1CCc2cccc(Br)c21. The van der Waals surface area contributed by atoms with Gasteiger partial charge in [-0.05, 0) is 47.8 Å². The van der Waals surface area contributed by atoms with Gasteiger partial charge in [0, 0.05) is 17.1 Å². The second-order valence-corrected chi connectivity index (χ2v) is 4.64. The van der Waals surface area contributed by atoms with Gasteiger partial charge in [0.05, 0.1) is 5.69 Å². The van der Waals surface area contributed by atoms with E-state index in [9.17, 15) is 0 Å². The maximum atomic E-state index is 3.61. The highest BCUT2D eigenvalue weighted by Crippen LogP contribution is 2.36. The third-order valence-electron chi connectivity index (χ3n) is 2.60. The molecule has 0 aliphatic carbocycles. The summed E-state index contributed by atoms with van der Waals surface area (Å²) in [6.45, 7) is 5.65. The fourth-order valence-electron chi connectivity index (χ4n) is 1.95. The highest BCUT2D eigenvalue weighted by molar-refractivity contribution is 9.10. The van der Waals surface area contributed by atoms with E-state index in [4.69, 9.17) is 0 Å². The van der Waals surface area contributed by atoms with E-state index < -0.39 is 0 Å². The van der Waals surface area contributed by atoms with Crippen LogP contribution in [0.4, 0.5) is 5.69 Å². The van der Waals surface area contributed by atoms with Crippen molar-refractivity contribution in [3.63, 3.8) is 0 Å². The number of nitrogens with zero attached hydrogens (tertiary/aromatic N) is 1. The lowest BCUT2D eigenvalue weighted by molar-refractivity contribution is 0.709. The third kappa shape index (κ3) is 1.48. The minimum atomic E-state index is 0.597. The Morgan fingerprint density at radius 3 is 2.85 bits per heavy atom. The summed E-state index contributed by atoms with van der Waals surface area (Å²) in [4.78, 5) is 2.46. The van der Waals surface area contributed by atoms with Crippen LogP contribution in [0.15, 0.2) is 22.7 Å². The predicted octanol–water partition coefficient (Wildman–Crippen LogP) is 3.22. The van der Waals surface area contributed by atoms with Gasteiger partial charge in [-0.3, -0.25) is 0 Å². The van der Waals surface area contributed by atoms with Crippen molar-refractivity contribution in [2.75, 3.05) is 11.4 Å². The van der Waals surface area contributed by atoms with Gasteiger partial charge in [-0.25, -0.2) is 0 Å². The van der Waals surface area contributed by atoms with Crippen LogP contribution in [0.2, 0.25) is 0 Å². The van der Waals surface area contributed by atoms with Crippen molar-refractivity contribution in [1.82, 2.24) is 0 Å². The highest BCUT2D eigenvalue weighted by atomic mass is 79.9. The van der Waals surface area contributed by atoms with E-state index in [1.165, 1.54) is 22.1 Å². The molecule has 0 aromatic heterocycles. The molecule has 0 N–H and O–H groups in total. The number of hydrogen-bond acceptors (Lipinski definition) is 1. The Morgan fingerprint density at radius 1 is 1.38 bits per heavy atom. The van der Waals surface area contributed by atoms with Crippen LogP contribution < -0.4 is 4.90 Å². The summed E-state index contributed by atoms with van der Waals surface area (Å²) in [6, 6.07) is 7.06. The molecule has 0 fully saturated rings. The number of fused-ring (bicyclic) bond motifs is 1. The van der Waals surface area contributed by atoms with Gasteiger partial charge < -0.3 is 4.90 Å². The molecule has 1 aromatic rings. The molecule has 1 aromatic carbocycles. The first-order chi connectivity index (χ1) is 6.20. The molecule has 0 amide bonds. The lowest BCUT2D eigenvalue weighted by Crippen LogP contribution is -2.28. The van der Waals surface area contributed by atoms with Crippen molar-refractivity contribution in [3.8, 4) is 0 Å². The Balaban J connectivity index is 2.46. The minimum Gasteiger partial charge on any atom is -0.368 e. The molecule has 13 heavy (non-hydrogen) atoms. The third-order valence-corrected chi connectivity index (χ3v) is 3.24. The number of hydrogen-bond donors (Lipinski definition) is 0. The predicted molar refractivity (Wildman–Crippen MR) is 60.3 cm³/mol. The number of para-hydroxylation sites is 1. The number of anilines is 1. The van der Waals surface area contributed by atoms with Crippen molar-refractivity contribution in [2.45, 2.75) is 26.3 Å². The Morgan fingerprint density at radius 2 is 2.15 bits per heavy atom. The second kappa shape index (κ2) is 3.33. The van der Waals surface area contributed by atoms with Gasteiger partial charge in [0.25, 0.3) is 0 Å². The van der Waals surface area contributed by atoms with Crippen molar-refractivity contribution in [2.24, 2.45) is 0 Å². The summed E-state index contributed by atoms with van der Waals surface area (Å²) >= 11 is 3.61. The molecule has 0 unspecified atom stereocenters. The summed E-state index contributed by atoms with van der Waals surface area (Å²) in [5, 5.41) is 0. The fraction of sp³-hybridized carbons (Fsp3) is 0.455. The average Bonchev–Trinajstić information content (AvgIpc) is 2.49. The molecular formula is C11H14BrN. The van der Waals surface area contributed by atoms with E-state index in [0.29, 0.717) is 6.04 Å². The second-order valence-electron chi connectivity index (χ2n) is 3.78. The Kier molecular flexibility index (Phi) is 2.33. The van der Waals surface area contributed by atoms with Crippen molar-refractivity contribution < 1.29 is 0 Å². The summed E-state index contributed by atoms with van der Waals surface area (Å²) in [6.07, 6.45) is 1.19. The molecule has 1 nitrogen and oxygen atoms in total. The van der Waals surface area contributed by atoms with E-state index in [2.05, 4.69) is 52.9 Å². The van der Waals surface area contributed by atoms with Gasteiger partial charge in [0.15, 0.2) is 0 Å². The van der Waals surface area contributed by atoms with Gasteiger partial charge in [-0.1, -0.05) is 12.1 Å². The molecule has 0 atom stereocenters. The smallest absolute Gasteiger partial charge is 0.0546 e. The van der Waals surface area contributed by atoms with Crippen LogP contribution in [-0.4, -0.2) is 12.6 Å². The first-order valence-corrected chi connectivity index (χ1v) is 5.53. The van der Waals surface area contributed by atoms with Crippen molar-refractivity contribution in [1.29, 1.82) is 0 Å². The van der Waals surface area contributed by atoms with Crippen LogP contribution in [-0.2, 0) is 6.42 Å². The van der Waals surface area contributed by atoms with E-state index in [1.54, 1.807) is 0 Å². The number of halogens is 1. The van der Waals surface area contributed by atoms with E-state index >= 15 is 0 Å². The monoisotopic (exact) mass is 239 g/mol. The van der Waals surface area contributed by atoms with Crippen LogP contribution in [0, 0.1) is 0 Å². The van der Waals surface area contributed by atoms with E-state index in [1.807, 2.05) is 0 Å². The zero-order valence-electron chi connectivity index (χ0n) is 8.05. The maximum Gasteiger partial charge on any atom is 0.0546 e. The molecule has 0 spiro atoms. The topological polar surface area (TPSA) is 3.24 Å². The van der Waals surface area contributed by atoms with Gasteiger partial charge in [-0.15, -0.1) is 0 Å². The van der Waals surface area contributed by atoms with Gasteiger partial charge in [0.1, 0.15) is 0 Å². The molecule has 70 valence electrons. The Bertz CT molecular complexity index is 320. The van der Waals surface area contributed by atoms with Gasteiger partial charge in [0.2, 0.25) is 0 Å². The molecule has 0 radical (unpaired) electrons. The minimum absolute atomic E-state index is 0.597. The molecular weight excluding hydrogens is 226 g/mol. The van der Waals surface area contributed by atoms with E-state index in [-0.39, 0.29) is 0 Å². The van der Waals surface area contributed by atoms with Crippen LogP contribution in [0.5, 0.6) is 0 Å². The Labute approximate surface area is 87.9 Å². The molecule has 2 heteroatoms. The largest absolute Gasteiger partial charge is 0.368 e. The lowest BCUT2D eigenvalue weighted by Gasteiger charge is -2.24. The molecule has 1 aliphatic rings. The van der Waals surface area contributed by atoms with E-state index in [0.717, 1.165) is 6.54 Å². The molecule has 2 rings (SSSR count). The van der Waals surface area contributed by atoms with Crippen LogP contribution in [0.1, 0.15) is 19.4 Å². The van der Waals surface area contributed by atoms with Crippen LogP contribution >= 0.6 is 15.9 Å².